The van der Waals surface area contributed by atoms with Gasteiger partial charge in [0.05, 0.1) is 17.7 Å². The molecule has 1 aromatic rings. The molecule has 104 valence electrons. The molecular formula is C14H21N3O2. The molecule has 19 heavy (non-hydrogen) atoms. The van der Waals surface area contributed by atoms with Crippen LogP contribution in [0.4, 0.5) is 5.82 Å². The summed E-state index contributed by atoms with van der Waals surface area (Å²) in [6, 6.07) is 3.36. The van der Waals surface area contributed by atoms with E-state index >= 15 is 0 Å². The normalized spacial score (nSPS) is 23.5. The topological polar surface area (TPSA) is 74.2 Å². The third-order valence-corrected chi connectivity index (χ3v) is 3.58. The van der Waals surface area contributed by atoms with E-state index in [4.69, 9.17) is 0 Å². The number of carbonyl (C=O) groups is 1. The predicted octanol–water partition coefficient (Wildman–Crippen LogP) is 1.55. The van der Waals surface area contributed by atoms with Gasteiger partial charge in [0.2, 0.25) is 0 Å². The smallest absolute Gasteiger partial charge is 0.253 e. The zero-order chi connectivity index (χ0) is 13.7. The van der Waals surface area contributed by atoms with Crippen molar-refractivity contribution in [2.75, 3.05) is 12.4 Å². The molecule has 0 aliphatic heterocycles. The summed E-state index contributed by atoms with van der Waals surface area (Å²) >= 11 is 0. The summed E-state index contributed by atoms with van der Waals surface area (Å²) in [5, 5.41) is 15.8. The second-order valence-corrected chi connectivity index (χ2v) is 4.97. The quantitative estimate of drug-likeness (QED) is 0.723. The van der Waals surface area contributed by atoms with Crippen LogP contribution in [0.3, 0.4) is 0 Å². The summed E-state index contributed by atoms with van der Waals surface area (Å²) in [6.45, 7) is 0. The van der Waals surface area contributed by atoms with Gasteiger partial charge in [-0.15, -0.1) is 0 Å². The van der Waals surface area contributed by atoms with E-state index in [1.54, 1.807) is 25.4 Å². The van der Waals surface area contributed by atoms with Crippen LogP contribution in [-0.2, 0) is 0 Å². The van der Waals surface area contributed by atoms with Gasteiger partial charge in [-0.05, 0) is 25.0 Å². The average Bonchev–Trinajstić information content (AvgIpc) is 2.64. The minimum atomic E-state index is -0.434. The second-order valence-electron chi connectivity index (χ2n) is 4.97. The molecule has 5 nitrogen and oxygen atoms in total. The third-order valence-electron chi connectivity index (χ3n) is 3.58. The zero-order valence-electron chi connectivity index (χ0n) is 11.2. The van der Waals surface area contributed by atoms with E-state index in [0.717, 1.165) is 37.9 Å². The van der Waals surface area contributed by atoms with E-state index in [0.29, 0.717) is 5.56 Å². The number of aromatic nitrogens is 1. The van der Waals surface area contributed by atoms with Gasteiger partial charge in [0, 0.05) is 13.2 Å². The molecule has 0 bridgehead atoms. The number of nitrogens with zero attached hydrogens (tertiary/aromatic N) is 1. The van der Waals surface area contributed by atoms with Crippen molar-refractivity contribution in [3.63, 3.8) is 0 Å². The number of aliphatic hydroxyl groups is 1. The number of rotatable bonds is 3. The molecule has 1 amide bonds. The molecule has 2 atom stereocenters. The molecule has 5 heteroatoms. The van der Waals surface area contributed by atoms with Crippen LogP contribution in [0.5, 0.6) is 0 Å². The molecule has 0 saturated heterocycles. The maximum atomic E-state index is 12.1. The predicted molar refractivity (Wildman–Crippen MR) is 74.1 cm³/mol. The lowest BCUT2D eigenvalue weighted by molar-refractivity contribution is 0.0818. The van der Waals surface area contributed by atoms with E-state index in [1.807, 2.05) is 0 Å². The highest BCUT2D eigenvalue weighted by Crippen LogP contribution is 2.18. The van der Waals surface area contributed by atoms with Gasteiger partial charge < -0.3 is 15.7 Å². The minimum absolute atomic E-state index is 0.140. The molecule has 1 aromatic heterocycles. The molecule has 2 rings (SSSR count). The molecule has 1 aliphatic carbocycles. The summed E-state index contributed by atoms with van der Waals surface area (Å²) in [4.78, 5) is 16.2. The Hall–Kier alpha value is -1.62. The van der Waals surface area contributed by atoms with Gasteiger partial charge in [0.15, 0.2) is 0 Å². The number of carbonyl (C=O) groups excluding carboxylic acids is 1. The van der Waals surface area contributed by atoms with E-state index in [-0.39, 0.29) is 11.9 Å². The van der Waals surface area contributed by atoms with E-state index in [1.165, 1.54) is 0 Å². The fourth-order valence-electron chi connectivity index (χ4n) is 2.38. The average molecular weight is 263 g/mol. The van der Waals surface area contributed by atoms with Gasteiger partial charge in [0.25, 0.3) is 5.91 Å². The summed E-state index contributed by atoms with van der Waals surface area (Å²) < 4.78 is 0. The lowest BCUT2D eigenvalue weighted by Crippen LogP contribution is -2.42. The molecule has 3 N–H and O–H groups in total. The third kappa shape index (κ3) is 3.67. The van der Waals surface area contributed by atoms with Gasteiger partial charge in [-0.3, -0.25) is 4.79 Å². The molecular weight excluding hydrogens is 242 g/mol. The highest BCUT2D eigenvalue weighted by Gasteiger charge is 2.23. The number of hydrogen-bond donors (Lipinski definition) is 3. The first-order chi connectivity index (χ1) is 9.20. The van der Waals surface area contributed by atoms with Crippen LogP contribution in [0.1, 0.15) is 42.5 Å². The van der Waals surface area contributed by atoms with Gasteiger partial charge in [0.1, 0.15) is 5.82 Å². The Labute approximate surface area is 113 Å². The van der Waals surface area contributed by atoms with Crippen LogP contribution < -0.4 is 10.6 Å². The number of nitrogens with one attached hydrogen (secondary N) is 2. The molecule has 1 heterocycles. The van der Waals surface area contributed by atoms with Crippen LogP contribution in [0, 0.1) is 0 Å². The first kappa shape index (κ1) is 13.8. The fourth-order valence-corrected chi connectivity index (χ4v) is 2.38. The highest BCUT2D eigenvalue weighted by molar-refractivity contribution is 5.94. The van der Waals surface area contributed by atoms with E-state index < -0.39 is 6.10 Å². The van der Waals surface area contributed by atoms with Crippen LogP contribution in [-0.4, -0.2) is 35.2 Å². The Morgan fingerprint density at radius 1 is 1.32 bits per heavy atom. The SMILES string of the molecule is CNc1ccc(C(=O)NC2CCCCCC2O)cn1. The standard InChI is InChI=1S/C14H21N3O2/c1-15-13-8-7-10(9-16-13)14(19)17-11-5-3-2-4-6-12(11)18/h7-9,11-12,18H,2-6H2,1H3,(H,15,16)(H,17,19). The molecule has 0 radical (unpaired) electrons. The molecule has 0 spiro atoms. The van der Waals surface area contributed by atoms with Crippen molar-refractivity contribution in [2.24, 2.45) is 0 Å². The highest BCUT2D eigenvalue weighted by atomic mass is 16.3. The van der Waals surface area contributed by atoms with Crippen molar-refractivity contribution in [1.29, 1.82) is 0 Å². The number of pyridine rings is 1. The second kappa shape index (κ2) is 6.52. The van der Waals surface area contributed by atoms with Gasteiger partial charge in [-0.1, -0.05) is 19.3 Å². The van der Waals surface area contributed by atoms with Gasteiger partial charge in [-0.2, -0.15) is 0 Å². The number of aliphatic hydroxyl groups excluding tert-OH is 1. The number of hydrogen-bond acceptors (Lipinski definition) is 4. The summed E-state index contributed by atoms with van der Waals surface area (Å²) in [5.74, 6) is 0.562. The minimum Gasteiger partial charge on any atom is -0.391 e. The Kier molecular flexibility index (Phi) is 4.74. The van der Waals surface area contributed by atoms with Crippen molar-refractivity contribution in [3.8, 4) is 0 Å². The van der Waals surface area contributed by atoms with Crippen molar-refractivity contribution in [1.82, 2.24) is 10.3 Å². The van der Waals surface area contributed by atoms with E-state index in [2.05, 4.69) is 15.6 Å². The Morgan fingerprint density at radius 3 is 2.79 bits per heavy atom. The summed E-state index contributed by atoms with van der Waals surface area (Å²) in [5.41, 5.74) is 0.524. The molecule has 0 aromatic carbocycles. The lowest BCUT2D eigenvalue weighted by atomic mass is 10.1. The zero-order valence-corrected chi connectivity index (χ0v) is 11.2. The lowest BCUT2D eigenvalue weighted by Gasteiger charge is -2.21. The fraction of sp³-hybridized carbons (Fsp3) is 0.571. The van der Waals surface area contributed by atoms with Crippen molar-refractivity contribution >= 4 is 11.7 Å². The maximum absolute atomic E-state index is 12.1. The number of amides is 1. The molecule has 1 saturated carbocycles. The van der Waals surface area contributed by atoms with Crippen LogP contribution in [0.15, 0.2) is 18.3 Å². The maximum Gasteiger partial charge on any atom is 0.253 e. The monoisotopic (exact) mass is 263 g/mol. The largest absolute Gasteiger partial charge is 0.391 e. The van der Waals surface area contributed by atoms with Crippen LogP contribution in [0.25, 0.3) is 0 Å². The molecule has 2 unspecified atom stereocenters. The first-order valence-electron chi connectivity index (χ1n) is 6.83. The first-order valence-corrected chi connectivity index (χ1v) is 6.83. The van der Waals surface area contributed by atoms with Crippen LogP contribution >= 0.6 is 0 Å². The van der Waals surface area contributed by atoms with Crippen molar-refractivity contribution < 1.29 is 9.90 Å². The van der Waals surface area contributed by atoms with Crippen molar-refractivity contribution in [2.45, 2.75) is 44.2 Å². The summed E-state index contributed by atoms with van der Waals surface area (Å²) in [6.07, 6.45) is 5.93. The Morgan fingerprint density at radius 2 is 2.11 bits per heavy atom. The Bertz CT molecular complexity index is 419. The van der Waals surface area contributed by atoms with Gasteiger partial charge in [-0.25, -0.2) is 4.98 Å². The number of anilines is 1. The van der Waals surface area contributed by atoms with Gasteiger partial charge >= 0.3 is 0 Å². The molecule has 1 fully saturated rings. The summed E-state index contributed by atoms with van der Waals surface area (Å²) in [7, 11) is 1.78. The Balaban J connectivity index is 1.98. The molecule has 1 aliphatic rings. The van der Waals surface area contributed by atoms with Crippen LogP contribution in [0.2, 0.25) is 0 Å². The van der Waals surface area contributed by atoms with E-state index in [9.17, 15) is 9.90 Å². The van der Waals surface area contributed by atoms with Crippen molar-refractivity contribution in [3.05, 3.63) is 23.9 Å².